The fourth-order valence-electron chi connectivity index (χ4n) is 1.34. The number of rotatable bonds is 0. The van der Waals surface area contributed by atoms with Gasteiger partial charge in [-0.2, -0.15) is 0 Å². The Labute approximate surface area is 68.0 Å². The van der Waals surface area contributed by atoms with Gasteiger partial charge in [-0.25, -0.2) is 4.39 Å². The Hall–Kier alpha value is -1.51. The van der Waals surface area contributed by atoms with E-state index in [1.807, 2.05) is 0 Å². The Morgan fingerprint density at radius 3 is 2.67 bits per heavy atom. The molecule has 0 spiro atoms. The van der Waals surface area contributed by atoms with Gasteiger partial charge in [0.15, 0.2) is 0 Å². The smallest absolute Gasteiger partial charge is 0.229 e. The van der Waals surface area contributed by atoms with Gasteiger partial charge in [0.25, 0.3) is 0 Å². The summed E-state index contributed by atoms with van der Waals surface area (Å²) in [4.78, 5) is 21.9. The molecule has 0 saturated heterocycles. The highest BCUT2D eigenvalue weighted by Crippen LogP contribution is 2.21. The van der Waals surface area contributed by atoms with Crippen molar-refractivity contribution in [2.24, 2.45) is 0 Å². The van der Waals surface area contributed by atoms with Gasteiger partial charge in [-0.3, -0.25) is 9.59 Å². The first-order valence-corrected chi connectivity index (χ1v) is 3.55. The van der Waals surface area contributed by atoms with Gasteiger partial charge in [0, 0.05) is 17.5 Å². The van der Waals surface area contributed by atoms with E-state index in [0.717, 1.165) is 0 Å². The Balaban J connectivity index is 2.68. The summed E-state index contributed by atoms with van der Waals surface area (Å²) in [7, 11) is 0. The minimum atomic E-state index is -0.565. The molecule has 0 amide bonds. The lowest BCUT2D eigenvalue weighted by Gasteiger charge is -1.95. The summed E-state index contributed by atoms with van der Waals surface area (Å²) < 4.78 is 12.9. The van der Waals surface area contributed by atoms with Crippen LogP contribution in [0.15, 0.2) is 18.2 Å². The van der Waals surface area contributed by atoms with Gasteiger partial charge in [0.2, 0.25) is 11.6 Å². The first kappa shape index (κ1) is 7.16. The number of fused-ring (bicyclic) bond motifs is 1. The minimum Gasteiger partial charge on any atom is -0.290 e. The Morgan fingerprint density at radius 1 is 1.25 bits per heavy atom. The second kappa shape index (κ2) is 2.24. The quantitative estimate of drug-likeness (QED) is 0.538. The second-order valence-corrected chi connectivity index (χ2v) is 2.70. The fourth-order valence-corrected chi connectivity index (χ4v) is 1.34. The molecule has 1 aliphatic rings. The van der Waals surface area contributed by atoms with Gasteiger partial charge in [0.05, 0.1) is 0 Å². The van der Waals surface area contributed by atoms with Crippen LogP contribution >= 0.6 is 0 Å². The van der Waals surface area contributed by atoms with E-state index in [1.165, 1.54) is 18.2 Å². The summed E-state index contributed by atoms with van der Waals surface area (Å²) >= 11 is 0. The van der Waals surface area contributed by atoms with Gasteiger partial charge in [-0.1, -0.05) is 12.1 Å². The molecular formula is C9H5FO2. The molecule has 0 bridgehead atoms. The molecule has 3 heteroatoms. The largest absolute Gasteiger partial charge is 0.290 e. The standard InChI is InChI=1S/C9H5FO2/c10-7-3-1-2-5-6(7)4-8(11)9(5)12/h1-3H,4H2. The van der Waals surface area contributed by atoms with Crippen molar-refractivity contribution >= 4 is 11.6 Å². The van der Waals surface area contributed by atoms with Crippen LogP contribution in [0.2, 0.25) is 0 Å². The van der Waals surface area contributed by atoms with E-state index in [0.29, 0.717) is 0 Å². The third kappa shape index (κ3) is 0.794. The summed E-state index contributed by atoms with van der Waals surface area (Å²) in [6.07, 6.45) is -0.0825. The molecule has 1 aliphatic carbocycles. The fraction of sp³-hybridized carbons (Fsp3) is 0.111. The molecule has 1 aromatic rings. The Bertz CT molecular complexity index is 382. The monoisotopic (exact) mass is 164 g/mol. The lowest BCUT2D eigenvalue weighted by Crippen LogP contribution is -2.05. The molecule has 0 unspecified atom stereocenters. The van der Waals surface area contributed by atoms with Gasteiger partial charge >= 0.3 is 0 Å². The zero-order valence-electron chi connectivity index (χ0n) is 6.13. The third-order valence-electron chi connectivity index (χ3n) is 1.95. The number of benzene rings is 1. The van der Waals surface area contributed by atoms with Crippen molar-refractivity contribution in [3.05, 3.63) is 35.1 Å². The predicted molar refractivity (Wildman–Crippen MR) is 39.4 cm³/mol. The predicted octanol–water partition coefficient (Wildman–Crippen LogP) is 1.13. The van der Waals surface area contributed by atoms with Crippen LogP contribution in [0.3, 0.4) is 0 Å². The SMILES string of the molecule is O=C1Cc2c(F)cccc2C1=O. The number of Topliss-reactive ketones (excluding diaryl/α,β-unsaturated/α-hetero) is 2. The maximum Gasteiger partial charge on any atom is 0.229 e. The summed E-state index contributed by atoms with van der Waals surface area (Å²) in [5.41, 5.74) is 0.465. The normalized spacial score (nSPS) is 15.1. The lowest BCUT2D eigenvalue weighted by molar-refractivity contribution is -0.114. The van der Waals surface area contributed by atoms with Crippen LogP contribution in [-0.4, -0.2) is 11.6 Å². The summed E-state index contributed by atoms with van der Waals surface area (Å²) in [6.45, 7) is 0. The summed E-state index contributed by atoms with van der Waals surface area (Å²) in [5, 5.41) is 0. The third-order valence-corrected chi connectivity index (χ3v) is 1.95. The van der Waals surface area contributed by atoms with Crippen molar-refractivity contribution in [3.8, 4) is 0 Å². The second-order valence-electron chi connectivity index (χ2n) is 2.70. The van der Waals surface area contributed by atoms with Crippen molar-refractivity contribution in [3.63, 3.8) is 0 Å². The van der Waals surface area contributed by atoms with E-state index in [9.17, 15) is 14.0 Å². The van der Waals surface area contributed by atoms with Gasteiger partial charge in [0.1, 0.15) is 5.82 Å². The molecule has 0 saturated carbocycles. The van der Waals surface area contributed by atoms with E-state index in [1.54, 1.807) is 0 Å². The number of ketones is 2. The summed E-state index contributed by atoms with van der Waals surface area (Å²) in [6, 6.07) is 4.17. The highest BCUT2D eigenvalue weighted by atomic mass is 19.1. The van der Waals surface area contributed by atoms with E-state index in [4.69, 9.17) is 0 Å². The number of halogens is 1. The molecule has 0 aromatic heterocycles. The van der Waals surface area contributed by atoms with Crippen LogP contribution in [-0.2, 0) is 11.2 Å². The molecule has 0 fully saturated rings. The first-order chi connectivity index (χ1) is 5.70. The van der Waals surface area contributed by atoms with E-state index >= 15 is 0 Å². The van der Waals surface area contributed by atoms with E-state index in [2.05, 4.69) is 0 Å². The zero-order chi connectivity index (χ0) is 8.72. The first-order valence-electron chi connectivity index (χ1n) is 3.55. The van der Waals surface area contributed by atoms with Crippen molar-refractivity contribution in [2.45, 2.75) is 6.42 Å². The molecule has 0 radical (unpaired) electrons. The molecular weight excluding hydrogens is 159 g/mol. The molecule has 1 aromatic carbocycles. The van der Waals surface area contributed by atoms with Gasteiger partial charge in [-0.15, -0.1) is 0 Å². The van der Waals surface area contributed by atoms with Crippen LogP contribution in [0.5, 0.6) is 0 Å². The molecule has 0 N–H and O–H groups in total. The topological polar surface area (TPSA) is 34.1 Å². The zero-order valence-corrected chi connectivity index (χ0v) is 6.13. The number of carbonyl (C=O) groups excluding carboxylic acids is 2. The highest BCUT2D eigenvalue weighted by Gasteiger charge is 2.29. The number of hydrogen-bond donors (Lipinski definition) is 0. The average Bonchev–Trinajstić information content (AvgIpc) is 2.32. The maximum atomic E-state index is 12.9. The van der Waals surface area contributed by atoms with E-state index < -0.39 is 17.4 Å². The molecule has 0 atom stereocenters. The highest BCUT2D eigenvalue weighted by molar-refractivity contribution is 6.47. The Kier molecular flexibility index (Phi) is 1.33. The van der Waals surface area contributed by atoms with Crippen molar-refractivity contribution < 1.29 is 14.0 Å². The van der Waals surface area contributed by atoms with Crippen molar-refractivity contribution in [1.82, 2.24) is 0 Å². The molecule has 12 heavy (non-hydrogen) atoms. The van der Waals surface area contributed by atoms with Crippen LogP contribution < -0.4 is 0 Å². The molecule has 2 nitrogen and oxygen atoms in total. The Morgan fingerprint density at radius 2 is 2.00 bits per heavy atom. The molecule has 0 heterocycles. The lowest BCUT2D eigenvalue weighted by atomic mass is 10.1. The van der Waals surface area contributed by atoms with Gasteiger partial charge in [-0.05, 0) is 6.07 Å². The average molecular weight is 164 g/mol. The number of carbonyl (C=O) groups is 2. The van der Waals surface area contributed by atoms with Crippen LogP contribution in [0, 0.1) is 5.82 Å². The molecule has 60 valence electrons. The minimum absolute atomic E-state index is 0.0825. The maximum absolute atomic E-state index is 12.9. The summed E-state index contributed by atoms with van der Waals surface area (Å²) in [5.74, 6) is -1.55. The van der Waals surface area contributed by atoms with Crippen molar-refractivity contribution in [2.75, 3.05) is 0 Å². The van der Waals surface area contributed by atoms with Crippen LogP contribution in [0.1, 0.15) is 15.9 Å². The van der Waals surface area contributed by atoms with Crippen LogP contribution in [0.25, 0.3) is 0 Å². The molecule has 2 rings (SSSR count). The van der Waals surface area contributed by atoms with E-state index in [-0.39, 0.29) is 17.5 Å². The molecule has 0 aliphatic heterocycles. The van der Waals surface area contributed by atoms with Crippen LogP contribution in [0.4, 0.5) is 4.39 Å². The number of hydrogen-bond acceptors (Lipinski definition) is 2. The van der Waals surface area contributed by atoms with Crippen molar-refractivity contribution in [1.29, 1.82) is 0 Å². The van der Waals surface area contributed by atoms with Gasteiger partial charge < -0.3 is 0 Å².